The molecule has 0 radical (unpaired) electrons. The molecule has 110 valence electrons. The van der Waals surface area contributed by atoms with E-state index in [0.717, 1.165) is 24.8 Å². The molecule has 0 saturated heterocycles. The number of rotatable bonds is 6. The average Bonchev–Trinajstić information content (AvgIpc) is 3.30. The quantitative estimate of drug-likeness (QED) is 0.709. The number of hydrogen-bond acceptors (Lipinski definition) is 1. The van der Waals surface area contributed by atoms with Gasteiger partial charge in [-0.15, -0.1) is 0 Å². The van der Waals surface area contributed by atoms with Crippen LogP contribution in [-0.2, 0) is 6.42 Å². The van der Waals surface area contributed by atoms with Crippen molar-refractivity contribution < 1.29 is 0 Å². The van der Waals surface area contributed by atoms with Crippen molar-refractivity contribution in [2.45, 2.75) is 31.7 Å². The van der Waals surface area contributed by atoms with Gasteiger partial charge in [-0.2, -0.15) is 0 Å². The van der Waals surface area contributed by atoms with Gasteiger partial charge in [-0.05, 0) is 77.1 Å². The summed E-state index contributed by atoms with van der Waals surface area (Å²) in [5.41, 5.74) is 2.95. The minimum atomic E-state index is 0.597. The molecule has 1 nitrogen and oxygen atoms in total. The third-order valence-corrected chi connectivity index (χ3v) is 5.14. The summed E-state index contributed by atoms with van der Waals surface area (Å²) < 4.78 is 1.31. The molecule has 0 heterocycles. The first kappa shape index (κ1) is 15.0. The molecule has 2 heteroatoms. The molecule has 1 aliphatic rings. The first-order valence-electron chi connectivity index (χ1n) is 7.80. The van der Waals surface area contributed by atoms with E-state index in [1.807, 2.05) is 0 Å². The summed E-state index contributed by atoms with van der Waals surface area (Å²) in [6.45, 7) is 3.26. The van der Waals surface area contributed by atoms with Gasteiger partial charge in [-0.3, -0.25) is 0 Å². The summed E-state index contributed by atoms with van der Waals surface area (Å²) in [6, 6.07) is 20.5. The Morgan fingerprint density at radius 1 is 1.10 bits per heavy atom. The molecule has 0 amide bonds. The molecule has 2 aromatic carbocycles. The summed E-state index contributed by atoms with van der Waals surface area (Å²) in [5, 5.41) is 3.71. The van der Waals surface area contributed by atoms with Crippen molar-refractivity contribution >= 4 is 22.6 Å². The van der Waals surface area contributed by atoms with E-state index in [-0.39, 0.29) is 0 Å². The molecule has 2 aromatic rings. The number of likely N-dealkylation sites (N-methyl/N-ethyl adjacent to an activating group) is 1. The Morgan fingerprint density at radius 3 is 2.48 bits per heavy atom. The van der Waals surface area contributed by atoms with E-state index in [0.29, 0.717) is 6.04 Å². The number of nitrogens with one attached hydrogen (secondary N) is 1. The fourth-order valence-electron chi connectivity index (χ4n) is 3.25. The van der Waals surface area contributed by atoms with Crippen molar-refractivity contribution in [3.8, 4) is 0 Å². The zero-order valence-electron chi connectivity index (χ0n) is 12.4. The fourth-order valence-corrected chi connectivity index (χ4v) is 3.61. The molecule has 3 atom stereocenters. The van der Waals surface area contributed by atoms with Crippen molar-refractivity contribution in [1.29, 1.82) is 0 Å². The maximum absolute atomic E-state index is 3.71. The fraction of sp³-hybridized carbons (Fsp3) is 0.368. The lowest BCUT2D eigenvalue weighted by Crippen LogP contribution is -2.33. The average molecular weight is 391 g/mol. The van der Waals surface area contributed by atoms with Crippen LogP contribution in [0.4, 0.5) is 0 Å². The molecule has 21 heavy (non-hydrogen) atoms. The van der Waals surface area contributed by atoms with Crippen molar-refractivity contribution in [1.82, 2.24) is 5.32 Å². The molecule has 0 spiro atoms. The van der Waals surface area contributed by atoms with Crippen LogP contribution in [0.3, 0.4) is 0 Å². The Bertz CT molecular complexity index is 564. The van der Waals surface area contributed by atoms with Crippen molar-refractivity contribution in [2.24, 2.45) is 5.92 Å². The second kappa shape index (κ2) is 6.93. The van der Waals surface area contributed by atoms with Gasteiger partial charge in [0.05, 0.1) is 0 Å². The highest BCUT2D eigenvalue weighted by atomic mass is 127. The van der Waals surface area contributed by atoms with Gasteiger partial charge in [0.15, 0.2) is 0 Å². The monoisotopic (exact) mass is 391 g/mol. The van der Waals surface area contributed by atoms with Crippen LogP contribution in [0.25, 0.3) is 0 Å². The second-order valence-corrected chi connectivity index (χ2v) is 7.16. The van der Waals surface area contributed by atoms with Crippen molar-refractivity contribution in [3.63, 3.8) is 0 Å². The smallest absolute Gasteiger partial charge is 0.0142 e. The van der Waals surface area contributed by atoms with Gasteiger partial charge >= 0.3 is 0 Å². The van der Waals surface area contributed by atoms with Crippen molar-refractivity contribution in [3.05, 3.63) is 69.3 Å². The first-order valence-corrected chi connectivity index (χ1v) is 8.88. The molecule has 1 saturated carbocycles. The number of halogens is 1. The van der Waals surface area contributed by atoms with Gasteiger partial charge in [0.1, 0.15) is 0 Å². The maximum atomic E-state index is 3.71. The van der Waals surface area contributed by atoms with Crippen LogP contribution >= 0.6 is 22.6 Å². The van der Waals surface area contributed by atoms with E-state index in [1.165, 1.54) is 21.1 Å². The van der Waals surface area contributed by atoms with E-state index in [4.69, 9.17) is 0 Å². The predicted octanol–water partition coefficient (Wildman–Crippen LogP) is 4.62. The lowest BCUT2D eigenvalue weighted by atomic mass is 9.99. The topological polar surface area (TPSA) is 12.0 Å². The zero-order valence-corrected chi connectivity index (χ0v) is 14.6. The van der Waals surface area contributed by atoms with Gasteiger partial charge < -0.3 is 5.32 Å². The van der Waals surface area contributed by atoms with E-state index in [1.54, 1.807) is 0 Å². The third-order valence-electron chi connectivity index (χ3n) is 4.42. The van der Waals surface area contributed by atoms with E-state index in [9.17, 15) is 0 Å². The highest BCUT2D eigenvalue weighted by Crippen LogP contribution is 2.50. The lowest BCUT2D eigenvalue weighted by Gasteiger charge is -2.18. The molecule has 1 fully saturated rings. The molecular weight excluding hydrogens is 369 g/mol. The lowest BCUT2D eigenvalue weighted by molar-refractivity contribution is 0.464. The molecule has 1 aliphatic carbocycles. The predicted molar refractivity (Wildman–Crippen MR) is 97.6 cm³/mol. The van der Waals surface area contributed by atoms with Gasteiger partial charge in [-0.1, -0.05) is 49.4 Å². The van der Waals surface area contributed by atoms with Crippen LogP contribution in [0, 0.1) is 9.49 Å². The highest BCUT2D eigenvalue weighted by Gasteiger charge is 2.43. The zero-order chi connectivity index (χ0) is 14.7. The minimum absolute atomic E-state index is 0.597. The van der Waals surface area contributed by atoms with Crippen LogP contribution in [-0.4, -0.2) is 12.6 Å². The van der Waals surface area contributed by atoms with E-state index >= 15 is 0 Å². The summed E-state index contributed by atoms with van der Waals surface area (Å²) in [4.78, 5) is 0. The van der Waals surface area contributed by atoms with Crippen LogP contribution in [0.2, 0.25) is 0 Å². The van der Waals surface area contributed by atoms with Gasteiger partial charge in [-0.25, -0.2) is 0 Å². The number of hydrogen-bond donors (Lipinski definition) is 1. The molecule has 0 aromatic heterocycles. The van der Waals surface area contributed by atoms with Crippen LogP contribution in [0.5, 0.6) is 0 Å². The Balaban J connectivity index is 1.67. The van der Waals surface area contributed by atoms with E-state index < -0.39 is 0 Å². The third kappa shape index (κ3) is 3.86. The molecule has 3 rings (SSSR count). The first-order chi connectivity index (χ1) is 10.3. The largest absolute Gasteiger partial charge is 0.314 e. The molecule has 0 aliphatic heterocycles. The summed E-state index contributed by atoms with van der Waals surface area (Å²) >= 11 is 2.37. The maximum Gasteiger partial charge on any atom is 0.0142 e. The van der Waals surface area contributed by atoms with Crippen molar-refractivity contribution in [2.75, 3.05) is 6.54 Å². The Kier molecular flexibility index (Phi) is 4.96. The second-order valence-electron chi connectivity index (χ2n) is 5.91. The van der Waals surface area contributed by atoms with Gasteiger partial charge in [0.2, 0.25) is 0 Å². The van der Waals surface area contributed by atoms with Crippen LogP contribution < -0.4 is 5.32 Å². The molecular formula is C19H22IN. The molecule has 3 unspecified atom stereocenters. The standard InChI is InChI=1S/C19H22IN/c1-2-21-19(12-14-8-10-16(20)11-9-14)18-13-17(18)15-6-4-3-5-7-15/h3-11,17-19,21H,2,12-13H2,1H3. The Labute approximate surface area is 141 Å². The summed E-state index contributed by atoms with van der Waals surface area (Å²) in [5.74, 6) is 1.53. The Morgan fingerprint density at radius 2 is 1.81 bits per heavy atom. The van der Waals surface area contributed by atoms with Gasteiger partial charge in [0.25, 0.3) is 0 Å². The van der Waals surface area contributed by atoms with Crippen LogP contribution in [0.1, 0.15) is 30.4 Å². The summed E-state index contributed by atoms with van der Waals surface area (Å²) in [6.07, 6.45) is 2.46. The highest BCUT2D eigenvalue weighted by molar-refractivity contribution is 14.1. The van der Waals surface area contributed by atoms with Crippen LogP contribution in [0.15, 0.2) is 54.6 Å². The SMILES string of the molecule is CCNC(Cc1ccc(I)cc1)C1CC1c1ccccc1. The van der Waals surface area contributed by atoms with Gasteiger partial charge in [0, 0.05) is 9.61 Å². The van der Waals surface area contributed by atoms with E-state index in [2.05, 4.69) is 89.4 Å². The summed E-state index contributed by atoms with van der Waals surface area (Å²) in [7, 11) is 0. The molecule has 1 N–H and O–H groups in total. The number of benzene rings is 2. The molecule has 0 bridgehead atoms. The Hall–Kier alpha value is -0.870. The normalized spacial score (nSPS) is 22.0. The minimum Gasteiger partial charge on any atom is -0.314 e.